The predicted octanol–water partition coefficient (Wildman–Crippen LogP) is 2.85. The van der Waals surface area contributed by atoms with Crippen LogP contribution in [0, 0.1) is 0 Å². The lowest BCUT2D eigenvalue weighted by atomic mass is 10.2. The van der Waals surface area contributed by atoms with E-state index in [2.05, 4.69) is 28.8 Å². The van der Waals surface area contributed by atoms with Gasteiger partial charge >= 0.3 is 0 Å². The highest BCUT2D eigenvalue weighted by Crippen LogP contribution is 2.18. The molecular formula is C20H27N3O4S. The first-order chi connectivity index (χ1) is 13.4. The number of rotatable bonds is 10. The smallest absolute Gasteiger partial charge is 0.240 e. The van der Waals surface area contributed by atoms with Gasteiger partial charge in [0.25, 0.3) is 0 Å². The standard InChI is InChI=1S/C20H27N3O4S/c1-4-23(5-2)17-8-6-16(7-9-17)22-20(24)14-15-21-28(25,26)19-12-10-18(27-3)11-13-19/h6-13,21H,4-5,14-15H2,1-3H3,(H,22,24). The van der Waals surface area contributed by atoms with Crippen LogP contribution in [-0.4, -0.2) is 41.1 Å². The Bertz CT molecular complexity index is 861. The summed E-state index contributed by atoms with van der Waals surface area (Å²) >= 11 is 0. The van der Waals surface area contributed by atoms with E-state index in [0.29, 0.717) is 11.4 Å². The van der Waals surface area contributed by atoms with E-state index in [0.717, 1.165) is 18.8 Å². The Morgan fingerprint density at radius 1 is 1.00 bits per heavy atom. The second kappa shape index (κ2) is 10.1. The third kappa shape index (κ3) is 5.97. The number of sulfonamides is 1. The molecule has 0 aliphatic heterocycles. The molecular weight excluding hydrogens is 378 g/mol. The van der Waals surface area contributed by atoms with Crippen LogP contribution in [0.25, 0.3) is 0 Å². The maximum absolute atomic E-state index is 12.2. The lowest BCUT2D eigenvalue weighted by Crippen LogP contribution is -2.27. The quantitative estimate of drug-likeness (QED) is 0.635. The second-order valence-corrected chi connectivity index (χ2v) is 7.86. The highest BCUT2D eigenvalue weighted by atomic mass is 32.2. The van der Waals surface area contributed by atoms with Crippen molar-refractivity contribution in [2.24, 2.45) is 0 Å². The Kier molecular flexibility index (Phi) is 7.83. The molecule has 0 heterocycles. The summed E-state index contributed by atoms with van der Waals surface area (Å²) < 4.78 is 31.9. The molecule has 28 heavy (non-hydrogen) atoms. The van der Waals surface area contributed by atoms with E-state index in [1.807, 2.05) is 24.3 Å². The monoisotopic (exact) mass is 405 g/mol. The van der Waals surface area contributed by atoms with E-state index in [-0.39, 0.29) is 23.8 Å². The van der Waals surface area contributed by atoms with Crippen LogP contribution in [-0.2, 0) is 14.8 Å². The van der Waals surface area contributed by atoms with Crippen LogP contribution in [0.4, 0.5) is 11.4 Å². The number of methoxy groups -OCH3 is 1. The molecule has 0 saturated heterocycles. The van der Waals surface area contributed by atoms with Crippen LogP contribution in [0.5, 0.6) is 5.75 Å². The zero-order valence-electron chi connectivity index (χ0n) is 16.4. The van der Waals surface area contributed by atoms with Crippen molar-refractivity contribution in [1.82, 2.24) is 4.72 Å². The number of carbonyl (C=O) groups excluding carboxylic acids is 1. The lowest BCUT2D eigenvalue weighted by Gasteiger charge is -2.21. The summed E-state index contributed by atoms with van der Waals surface area (Å²) in [5.41, 5.74) is 1.77. The number of hydrogen-bond donors (Lipinski definition) is 2. The molecule has 0 saturated carbocycles. The summed E-state index contributed by atoms with van der Waals surface area (Å²) in [5, 5.41) is 2.78. The topological polar surface area (TPSA) is 87.7 Å². The summed E-state index contributed by atoms with van der Waals surface area (Å²) in [5.74, 6) is 0.318. The molecule has 0 unspecified atom stereocenters. The van der Waals surface area contributed by atoms with Crippen LogP contribution >= 0.6 is 0 Å². The Morgan fingerprint density at radius 2 is 1.61 bits per heavy atom. The molecule has 0 atom stereocenters. The third-order valence-electron chi connectivity index (χ3n) is 4.29. The molecule has 0 spiro atoms. The molecule has 0 aliphatic carbocycles. The normalized spacial score (nSPS) is 11.1. The van der Waals surface area contributed by atoms with Gasteiger partial charge in [-0.15, -0.1) is 0 Å². The number of amides is 1. The third-order valence-corrected chi connectivity index (χ3v) is 5.77. The summed E-state index contributed by atoms with van der Waals surface area (Å²) in [6, 6.07) is 13.6. The summed E-state index contributed by atoms with van der Waals surface area (Å²) in [4.78, 5) is 14.4. The Balaban J connectivity index is 1.84. The Labute approximate surface area is 166 Å². The molecule has 0 fully saturated rings. The zero-order valence-corrected chi connectivity index (χ0v) is 17.3. The Morgan fingerprint density at radius 3 is 2.14 bits per heavy atom. The van der Waals surface area contributed by atoms with Crippen molar-refractivity contribution in [3.05, 3.63) is 48.5 Å². The van der Waals surface area contributed by atoms with Gasteiger partial charge in [-0.25, -0.2) is 13.1 Å². The fourth-order valence-corrected chi connectivity index (χ4v) is 3.74. The van der Waals surface area contributed by atoms with Crippen LogP contribution in [0.1, 0.15) is 20.3 Å². The number of ether oxygens (including phenoxy) is 1. The summed E-state index contributed by atoms with van der Waals surface area (Å²) in [7, 11) is -2.15. The predicted molar refractivity (Wildman–Crippen MR) is 111 cm³/mol. The van der Waals surface area contributed by atoms with E-state index in [4.69, 9.17) is 4.74 Å². The van der Waals surface area contributed by atoms with Crippen LogP contribution in [0.15, 0.2) is 53.4 Å². The maximum Gasteiger partial charge on any atom is 0.240 e. The maximum atomic E-state index is 12.2. The fraction of sp³-hybridized carbons (Fsp3) is 0.350. The molecule has 2 aromatic rings. The van der Waals surface area contributed by atoms with Crippen LogP contribution in [0.2, 0.25) is 0 Å². The highest BCUT2D eigenvalue weighted by molar-refractivity contribution is 7.89. The van der Waals surface area contributed by atoms with E-state index < -0.39 is 10.0 Å². The molecule has 2 aromatic carbocycles. The summed E-state index contributed by atoms with van der Waals surface area (Å²) in [6.07, 6.45) is 0.0349. The minimum Gasteiger partial charge on any atom is -0.497 e. The van der Waals surface area contributed by atoms with Crippen molar-refractivity contribution in [2.75, 3.05) is 37.0 Å². The molecule has 0 radical (unpaired) electrons. The summed E-state index contributed by atoms with van der Waals surface area (Å²) in [6.45, 7) is 6.02. The van der Waals surface area contributed by atoms with E-state index in [9.17, 15) is 13.2 Å². The van der Waals surface area contributed by atoms with Crippen LogP contribution < -0.4 is 19.7 Å². The van der Waals surface area contributed by atoms with Gasteiger partial charge in [-0.1, -0.05) is 0 Å². The van der Waals surface area contributed by atoms with E-state index >= 15 is 0 Å². The van der Waals surface area contributed by atoms with Crippen molar-refractivity contribution >= 4 is 27.3 Å². The van der Waals surface area contributed by atoms with Gasteiger partial charge in [0.1, 0.15) is 5.75 Å². The van der Waals surface area contributed by atoms with Crippen molar-refractivity contribution in [1.29, 1.82) is 0 Å². The highest BCUT2D eigenvalue weighted by Gasteiger charge is 2.14. The van der Waals surface area contributed by atoms with Gasteiger partial charge in [-0.2, -0.15) is 0 Å². The van der Waals surface area contributed by atoms with Gasteiger partial charge in [0.05, 0.1) is 12.0 Å². The number of carbonyl (C=O) groups is 1. The molecule has 0 aromatic heterocycles. The molecule has 0 bridgehead atoms. The van der Waals surface area contributed by atoms with Gasteiger partial charge in [0.2, 0.25) is 15.9 Å². The number of anilines is 2. The molecule has 152 valence electrons. The van der Waals surface area contributed by atoms with Gasteiger partial charge in [-0.3, -0.25) is 4.79 Å². The average Bonchev–Trinajstić information content (AvgIpc) is 2.70. The molecule has 1 amide bonds. The van der Waals surface area contributed by atoms with Crippen molar-refractivity contribution < 1.29 is 17.9 Å². The SMILES string of the molecule is CCN(CC)c1ccc(NC(=O)CCNS(=O)(=O)c2ccc(OC)cc2)cc1. The molecule has 8 heteroatoms. The van der Waals surface area contributed by atoms with Crippen molar-refractivity contribution in [3.63, 3.8) is 0 Å². The van der Waals surface area contributed by atoms with Crippen molar-refractivity contribution in [3.8, 4) is 5.75 Å². The number of benzene rings is 2. The number of nitrogens with one attached hydrogen (secondary N) is 2. The molecule has 2 rings (SSSR count). The average molecular weight is 406 g/mol. The van der Waals surface area contributed by atoms with Gasteiger partial charge < -0.3 is 15.0 Å². The minimum absolute atomic E-state index is 0.0116. The largest absolute Gasteiger partial charge is 0.497 e. The number of nitrogens with zero attached hydrogens (tertiary/aromatic N) is 1. The van der Waals surface area contributed by atoms with Gasteiger partial charge in [0, 0.05) is 37.4 Å². The second-order valence-electron chi connectivity index (χ2n) is 6.09. The number of hydrogen-bond acceptors (Lipinski definition) is 5. The molecule has 2 N–H and O–H groups in total. The van der Waals surface area contributed by atoms with Crippen molar-refractivity contribution in [2.45, 2.75) is 25.2 Å². The first kappa shape index (κ1) is 21.7. The zero-order chi connectivity index (χ0) is 20.6. The molecule has 7 nitrogen and oxygen atoms in total. The molecule has 0 aliphatic rings. The van der Waals surface area contributed by atoms with Gasteiger partial charge in [0.15, 0.2) is 0 Å². The van der Waals surface area contributed by atoms with Crippen LogP contribution in [0.3, 0.4) is 0 Å². The van der Waals surface area contributed by atoms with E-state index in [1.54, 1.807) is 12.1 Å². The Hall–Kier alpha value is -2.58. The van der Waals surface area contributed by atoms with E-state index in [1.165, 1.54) is 19.2 Å². The lowest BCUT2D eigenvalue weighted by molar-refractivity contribution is -0.116. The fourth-order valence-electron chi connectivity index (χ4n) is 2.70. The van der Waals surface area contributed by atoms with Gasteiger partial charge in [-0.05, 0) is 62.4 Å². The first-order valence-corrected chi connectivity index (χ1v) is 10.7. The first-order valence-electron chi connectivity index (χ1n) is 9.18. The minimum atomic E-state index is -3.67.